The molecule has 0 aliphatic carbocycles. The SMILES string of the molecule is N[C@@]1(c2ccccc2F)COC[C@H]1C(=O)O. The molecule has 0 unspecified atom stereocenters. The van der Waals surface area contributed by atoms with Crippen LogP contribution in [0.15, 0.2) is 24.3 Å². The number of rotatable bonds is 2. The standard InChI is InChI=1S/C11H12FNO3/c12-9-4-2-1-3-7(9)11(13)6-16-5-8(11)10(14)15/h1-4,8H,5-6,13H2,(H,14,15)/t8-,11+/m0/s1. The van der Waals surface area contributed by atoms with Gasteiger partial charge in [0.25, 0.3) is 0 Å². The molecule has 2 atom stereocenters. The molecule has 16 heavy (non-hydrogen) atoms. The zero-order valence-electron chi connectivity index (χ0n) is 8.52. The van der Waals surface area contributed by atoms with Gasteiger partial charge in [0.05, 0.1) is 18.8 Å². The lowest BCUT2D eigenvalue weighted by Crippen LogP contribution is -2.47. The third-order valence-corrected chi connectivity index (χ3v) is 2.92. The van der Waals surface area contributed by atoms with Gasteiger partial charge in [0.15, 0.2) is 0 Å². The van der Waals surface area contributed by atoms with E-state index in [0.717, 1.165) is 0 Å². The van der Waals surface area contributed by atoms with Gasteiger partial charge < -0.3 is 15.6 Å². The van der Waals surface area contributed by atoms with E-state index in [2.05, 4.69) is 0 Å². The van der Waals surface area contributed by atoms with Gasteiger partial charge in [-0.05, 0) is 6.07 Å². The number of halogens is 1. The summed E-state index contributed by atoms with van der Waals surface area (Å²) in [6, 6.07) is 5.93. The molecule has 0 radical (unpaired) electrons. The van der Waals surface area contributed by atoms with E-state index in [1.54, 1.807) is 6.07 Å². The number of aliphatic carboxylic acids is 1. The second kappa shape index (κ2) is 3.84. The van der Waals surface area contributed by atoms with Crippen molar-refractivity contribution in [3.8, 4) is 0 Å². The predicted molar refractivity (Wildman–Crippen MR) is 54.2 cm³/mol. The summed E-state index contributed by atoms with van der Waals surface area (Å²) in [5, 5.41) is 9.02. The number of hydrogen-bond acceptors (Lipinski definition) is 3. The first-order chi connectivity index (χ1) is 7.55. The molecule has 0 spiro atoms. The zero-order valence-corrected chi connectivity index (χ0v) is 8.52. The van der Waals surface area contributed by atoms with Gasteiger partial charge in [-0.25, -0.2) is 4.39 Å². The van der Waals surface area contributed by atoms with Crippen LogP contribution in [0.4, 0.5) is 4.39 Å². The molecule has 5 heteroatoms. The topological polar surface area (TPSA) is 72.5 Å². The fourth-order valence-electron chi connectivity index (χ4n) is 1.99. The lowest BCUT2D eigenvalue weighted by Gasteiger charge is -2.27. The van der Waals surface area contributed by atoms with Crippen LogP contribution in [-0.2, 0) is 15.1 Å². The highest BCUT2D eigenvalue weighted by Crippen LogP contribution is 2.34. The number of nitrogens with two attached hydrogens (primary N) is 1. The van der Waals surface area contributed by atoms with Crippen molar-refractivity contribution >= 4 is 5.97 Å². The summed E-state index contributed by atoms with van der Waals surface area (Å²) in [5.74, 6) is -2.48. The molecule has 1 saturated heterocycles. The van der Waals surface area contributed by atoms with Gasteiger partial charge in [0, 0.05) is 5.56 Å². The fraction of sp³-hybridized carbons (Fsp3) is 0.364. The first kappa shape index (κ1) is 11.0. The Labute approximate surface area is 91.8 Å². The van der Waals surface area contributed by atoms with Crippen LogP contribution in [0.2, 0.25) is 0 Å². The van der Waals surface area contributed by atoms with E-state index in [1.807, 2.05) is 0 Å². The maximum absolute atomic E-state index is 13.6. The van der Waals surface area contributed by atoms with Crippen LogP contribution < -0.4 is 5.73 Å². The van der Waals surface area contributed by atoms with Gasteiger partial charge in [-0.2, -0.15) is 0 Å². The number of carbonyl (C=O) groups is 1. The number of carboxylic acid groups (broad SMARTS) is 1. The van der Waals surface area contributed by atoms with E-state index in [0.29, 0.717) is 0 Å². The Morgan fingerprint density at radius 3 is 2.88 bits per heavy atom. The van der Waals surface area contributed by atoms with Gasteiger partial charge in [-0.15, -0.1) is 0 Å². The van der Waals surface area contributed by atoms with Crippen LogP contribution in [0.5, 0.6) is 0 Å². The summed E-state index contributed by atoms with van der Waals surface area (Å²) in [6.07, 6.45) is 0. The second-order valence-electron chi connectivity index (χ2n) is 3.93. The molecule has 1 heterocycles. The predicted octanol–water partition coefficient (Wildman–Crippen LogP) is 0.711. The quantitative estimate of drug-likeness (QED) is 0.777. The first-order valence-electron chi connectivity index (χ1n) is 4.90. The molecule has 0 bridgehead atoms. The summed E-state index contributed by atoms with van der Waals surface area (Å²) in [4.78, 5) is 11.0. The van der Waals surface area contributed by atoms with E-state index < -0.39 is 23.2 Å². The molecular weight excluding hydrogens is 213 g/mol. The average molecular weight is 225 g/mol. The molecule has 1 aromatic rings. The Bertz CT molecular complexity index is 423. The number of ether oxygens (including phenoxy) is 1. The van der Waals surface area contributed by atoms with E-state index in [1.165, 1.54) is 18.2 Å². The van der Waals surface area contributed by atoms with Crippen LogP contribution >= 0.6 is 0 Å². The molecular formula is C11H12FNO3. The van der Waals surface area contributed by atoms with Crippen molar-refractivity contribution in [1.82, 2.24) is 0 Å². The second-order valence-corrected chi connectivity index (χ2v) is 3.93. The number of benzene rings is 1. The Hall–Kier alpha value is -1.46. The van der Waals surface area contributed by atoms with Crippen molar-refractivity contribution in [3.63, 3.8) is 0 Å². The van der Waals surface area contributed by atoms with Gasteiger partial charge in [-0.1, -0.05) is 18.2 Å². The average Bonchev–Trinajstić information content (AvgIpc) is 2.62. The summed E-state index contributed by atoms with van der Waals surface area (Å²) in [5.41, 5.74) is 4.89. The van der Waals surface area contributed by atoms with Crippen molar-refractivity contribution in [1.29, 1.82) is 0 Å². The van der Waals surface area contributed by atoms with Gasteiger partial charge in [0.2, 0.25) is 0 Å². The summed E-state index contributed by atoms with van der Waals surface area (Å²) in [6.45, 7) is 0.0328. The third-order valence-electron chi connectivity index (χ3n) is 2.92. The van der Waals surface area contributed by atoms with Crippen molar-refractivity contribution in [2.24, 2.45) is 11.7 Å². The van der Waals surface area contributed by atoms with Crippen LogP contribution in [0.1, 0.15) is 5.56 Å². The minimum atomic E-state index is -1.28. The highest BCUT2D eigenvalue weighted by molar-refractivity contribution is 5.73. The molecule has 1 aliphatic heterocycles. The van der Waals surface area contributed by atoms with Crippen LogP contribution in [0, 0.1) is 11.7 Å². The van der Waals surface area contributed by atoms with Crippen LogP contribution in [-0.4, -0.2) is 24.3 Å². The smallest absolute Gasteiger partial charge is 0.311 e. The molecule has 3 N–H and O–H groups in total. The molecule has 1 aliphatic rings. The third kappa shape index (κ3) is 1.58. The fourth-order valence-corrected chi connectivity index (χ4v) is 1.99. The summed E-state index contributed by atoms with van der Waals surface area (Å²) < 4.78 is 18.7. The van der Waals surface area contributed by atoms with E-state index >= 15 is 0 Å². The Kier molecular flexibility index (Phi) is 2.65. The molecule has 0 amide bonds. The molecule has 86 valence electrons. The molecule has 2 rings (SSSR count). The highest BCUT2D eigenvalue weighted by Gasteiger charge is 2.47. The molecule has 4 nitrogen and oxygen atoms in total. The van der Waals surface area contributed by atoms with Gasteiger partial charge in [-0.3, -0.25) is 4.79 Å². The van der Waals surface area contributed by atoms with E-state index in [-0.39, 0.29) is 18.8 Å². The number of carboxylic acids is 1. The van der Waals surface area contributed by atoms with Crippen molar-refractivity contribution < 1.29 is 19.0 Å². The van der Waals surface area contributed by atoms with Gasteiger partial charge in [0.1, 0.15) is 11.7 Å². The minimum absolute atomic E-state index is 0.0141. The lowest BCUT2D eigenvalue weighted by atomic mass is 9.81. The maximum atomic E-state index is 13.6. The van der Waals surface area contributed by atoms with Crippen molar-refractivity contribution in [2.75, 3.05) is 13.2 Å². The maximum Gasteiger partial charge on any atom is 0.311 e. The minimum Gasteiger partial charge on any atom is -0.481 e. The molecule has 0 saturated carbocycles. The lowest BCUT2D eigenvalue weighted by molar-refractivity contribution is -0.143. The Morgan fingerprint density at radius 1 is 1.56 bits per heavy atom. The zero-order chi connectivity index (χ0) is 11.8. The summed E-state index contributed by atoms with van der Waals surface area (Å²) in [7, 11) is 0. The summed E-state index contributed by atoms with van der Waals surface area (Å²) >= 11 is 0. The monoisotopic (exact) mass is 225 g/mol. The van der Waals surface area contributed by atoms with Gasteiger partial charge >= 0.3 is 5.97 Å². The highest BCUT2D eigenvalue weighted by atomic mass is 19.1. The van der Waals surface area contributed by atoms with Crippen molar-refractivity contribution in [2.45, 2.75) is 5.54 Å². The Morgan fingerprint density at radius 2 is 2.25 bits per heavy atom. The van der Waals surface area contributed by atoms with Crippen molar-refractivity contribution in [3.05, 3.63) is 35.6 Å². The Balaban J connectivity index is 2.45. The molecule has 1 aromatic carbocycles. The van der Waals surface area contributed by atoms with E-state index in [9.17, 15) is 9.18 Å². The number of hydrogen-bond donors (Lipinski definition) is 2. The van der Waals surface area contributed by atoms with Crippen LogP contribution in [0.25, 0.3) is 0 Å². The molecule has 1 fully saturated rings. The molecule has 0 aromatic heterocycles. The van der Waals surface area contributed by atoms with Crippen LogP contribution in [0.3, 0.4) is 0 Å². The normalized spacial score (nSPS) is 29.2. The van der Waals surface area contributed by atoms with E-state index in [4.69, 9.17) is 15.6 Å². The largest absolute Gasteiger partial charge is 0.481 e. The first-order valence-corrected chi connectivity index (χ1v) is 4.90.